The second-order valence-corrected chi connectivity index (χ2v) is 5.38. The van der Waals surface area contributed by atoms with Crippen LogP contribution < -0.4 is 0 Å². The average Bonchev–Trinajstić information content (AvgIpc) is 3.02. The lowest BCUT2D eigenvalue weighted by molar-refractivity contribution is 0.311. The summed E-state index contributed by atoms with van der Waals surface area (Å²) in [6.45, 7) is 4.41. The van der Waals surface area contributed by atoms with Gasteiger partial charge in [-0.15, -0.1) is 5.10 Å². The van der Waals surface area contributed by atoms with E-state index in [2.05, 4.69) is 57.8 Å². The molecular weight excluding hydrogens is 262 g/mol. The van der Waals surface area contributed by atoms with Crippen molar-refractivity contribution in [2.45, 2.75) is 32.6 Å². The monoisotopic (exact) mass is 283 g/mol. The largest absolute Gasteiger partial charge is 0.377 e. The van der Waals surface area contributed by atoms with Crippen LogP contribution in [0, 0.1) is 0 Å². The molecule has 110 valence electrons. The second-order valence-electron chi connectivity index (χ2n) is 5.38. The summed E-state index contributed by atoms with van der Waals surface area (Å²) in [7, 11) is 0. The van der Waals surface area contributed by atoms with Gasteiger partial charge in [-0.2, -0.15) is 4.68 Å². The van der Waals surface area contributed by atoms with E-state index in [1.54, 1.807) is 4.68 Å². The summed E-state index contributed by atoms with van der Waals surface area (Å²) in [6, 6.07) is 8.37. The van der Waals surface area contributed by atoms with Crippen LogP contribution in [0.5, 0.6) is 0 Å². The minimum Gasteiger partial charge on any atom is -0.377 e. The van der Waals surface area contributed by atoms with Crippen LogP contribution >= 0.6 is 0 Å². The smallest absolute Gasteiger partial charge is 0.181 e. The molecule has 1 aliphatic rings. The minimum atomic E-state index is 0.768. The van der Waals surface area contributed by atoms with Crippen molar-refractivity contribution in [1.29, 1.82) is 0 Å². The molecule has 5 heteroatoms. The molecule has 3 rings (SSSR count). The molecule has 0 N–H and O–H groups in total. The highest BCUT2D eigenvalue weighted by atomic mass is 15.5. The number of tetrazole rings is 1. The van der Waals surface area contributed by atoms with E-state index in [1.807, 2.05) is 6.08 Å². The highest BCUT2D eigenvalue weighted by Crippen LogP contribution is 2.13. The Kier molecular flexibility index (Phi) is 4.28. The van der Waals surface area contributed by atoms with Gasteiger partial charge in [-0.05, 0) is 53.8 Å². The molecule has 1 aromatic heterocycles. The summed E-state index contributed by atoms with van der Waals surface area (Å²) < 4.78 is 1.78. The molecule has 0 atom stereocenters. The van der Waals surface area contributed by atoms with Crippen LogP contribution in [0.25, 0.3) is 11.8 Å². The summed E-state index contributed by atoms with van der Waals surface area (Å²) in [5.74, 6) is 0.768. The molecular formula is C16H21N5. The highest BCUT2D eigenvalue weighted by Gasteiger charge is 2.08. The molecule has 0 spiro atoms. The average molecular weight is 283 g/mol. The Morgan fingerprint density at radius 1 is 1.10 bits per heavy atom. The van der Waals surface area contributed by atoms with E-state index in [0.717, 1.165) is 31.0 Å². The van der Waals surface area contributed by atoms with Gasteiger partial charge in [0.2, 0.25) is 0 Å². The van der Waals surface area contributed by atoms with Crippen LogP contribution in [-0.4, -0.2) is 38.2 Å². The number of rotatable bonds is 4. The van der Waals surface area contributed by atoms with Gasteiger partial charge in [0.15, 0.2) is 5.82 Å². The Labute approximate surface area is 125 Å². The molecule has 21 heavy (non-hydrogen) atoms. The lowest BCUT2D eigenvalue weighted by Gasteiger charge is -2.24. The van der Waals surface area contributed by atoms with Crippen molar-refractivity contribution in [2.24, 2.45) is 0 Å². The number of hydrogen-bond donors (Lipinski definition) is 0. The molecule has 1 aromatic carbocycles. The summed E-state index contributed by atoms with van der Waals surface area (Å²) in [5.41, 5.74) is 2.31. The number of nitrogens with zero attached hydrogens (tertiary/aromatic N) is 5. The van der Waals surface area contributed by atoms with E-state index in [4.69, 9.17) is 0 Å². The number of aromatic nitrogens is 4. The van der Waals surface area contributed by atoms with Crippen molar-refractivity contribution in [1.82, 2.24) is 25.1 Å². The van der Waals surface area contributed by atoms with Crippen LogP contribution in [0.1, 0.15) is 37.6 Å². The summed E-state index contributed by atoms with van der Waals surface area (Å²) in [6.07, 6.45) is 9.03. The maximum absolute atomic E-state index is 4.11. The van der Waals surface area contributed by atoms with Gasteiger partial charge in [-0.1, -0.05) is 19.1 Å². The molecule has 0 saturated carbocycles. The van der Waals surface area contributed by atoms with Gasteiger partial charge in [0, 0.05) is 25.4 Å². The van der Waals surface area contributed by atoms with Crippen molar-refractivity contribution >= 4 is 6.08 Å². The lowest BCUT2D eigenvalue weighted by atomic mass is 10.1. The maximum Gasteiger partial charge on any atom is 0.181 e. The Balaban J connectivity index is 1.77. The first kappa shape index (κ1) is 13.8. The normalized spacial score (nSPS) is 15.8. The molecule has 2 aromatic rings. The van der Waals surface area contributed by atoms with Gasteiger partial charge in [-0.3, -0.25) is 0 Å². The Morgan fingerprint density at radius 3 is 2.57 bits per heavy atom. The first-order valence-electron chi connectivity index (χ1n) is 7.67. The quantitative estimate of drug-likeness (QED) is 0.865. The Hall–Kier alpha value is -2.17. The van der Waals surface area contributed by atoms with Crippen molar-refractivity contribution < 1.29 is 0 Å². The topological polar surface area (TPSA) is 46.8 Å². The third kappa shape index (κ3) is 3.29. The third-order valence-corrected chi connectivity index (χ3v) is 3.91. The van der Waals surface area contributed by atoms with Crippen molar-refractivity contribution in [2.75, 3.05) is 13.1 Å². The number of hydrogen-bond acceptors (Lipinski definition) is 4. The van der Waals surface area contributed by atoms with Crippen molar-refractivity contribution in [3.05, 3.63) is 41.9 Å². The van der Waals surface area contributed by atoms with E-state index >= 15 is 0 Å². The summed E-state index contributed by atoms with van der Waals surface area (Å²) >= 11 is 0. The third-order valence-electron chi connectivity index (χ3n) is 3.91. The minimum absolute atomic E-state index is 0.768. The van der Waals surface area contributed by atoms with Crippen LogP contribution in [0.4, 0.5) is 0 Å². The lowest BCUT2D eigenvalue weighted by Crippen LogP contribution is -2.24. The summed E-state index contributed by atoms with van der Waals surface area (Å²) in [4.78, 5) is 2.34. The van der Waals surface area contributed by atoms with Gasteiger partial charge in [0.05, 0.1) is 5.69 Å². The molecule has 1 saturated heterocycles. The highest BCUT2D eigenvalue weighted by molar-refractivity contribution is 5.44. The predicted molar refractivity (Wildman–Crippen MR) is 83.0 cm³/mol. The van der Waals surface area contributed by atoms with E-state index in [-0.39, 0.29) is 0 Å². The van der Waals surface area contributed by atoms with Crippen molar-refractivity contribution in [3.8, 4) is 5.69 Å². The van der Waals surface area contributed by atoms with Gasteiger partial charge in [0.25, 0.3) is 0 Å². The fourth-order valence-corrected chi connectivity index (χ4v) is 2.59. The van der Waals surface area contributed by atoms with Gasteiger partial charge in [0.1, 0.15) is 0 Å². The molecule has 0 amide bonds. The Morgan fingerprint density at radius 2 is 1.86 bits per heavy atom. The van der Waals surface area contributed by atoms with Gasteiger partial charge < -0.3 is 4.90 Å². The van der Waals surface area contributed by atoms with Crippen LogP contribution in [0.15, 0.2) is 30.5 Å². The molecule has 1 fully saturated rings. The number of likely N-dealkylation sites (tertiary alicyclic amines) is 1. The molecule has 1 aliphatic heterocycles. The van der Waals surface area contributed by atoms with E-state index in [9.17, 15) is 0 Å². The number of benzene rings is 1. The summed E-state index contributed by atoms with van der Waals surface area (Å²) in [5, 5.41) is 12.0. The first-order chi connectivity index (χ1) is 10.4. The Bertz CT molecular complexity index is 593. The molecule has 0 unspecified atom stereocenters. The molecule has 0 radical (unpaired) electrons. The molecule has 2 heterocycles. The first-order valence-corrected chi connectivity index (χ1v) is 7.67. The zero-order valence-corrected chi connectivity index (χ0v) is 12.4. The number of aryl methyl sites for hydroxylation is 1. The van der Waals surface area contributed by atoms with E-state index in [1.165, 1.54) is 24.8 Å². The van der Waals surface area contributed by atoms with Gasteiger partial charge >= 0.3 is 0 Å². The van der Waals surface area contributed by atoms with Crippen LogP contribution in [0.3, 0.4) is 0 Å². The zero-order chi connectivity index (χ0) is 14.5. The van der Waals surface area contributed by atoms with E-state index < -0.39 is 0 Å². The number of piperidine rings is 1. The maximum atomic E-state index is 4.11. The standard InChI is InChI=1S/C16H21N5/c1-2-14-6-8-15(9-7-14)21-16(17-18-19-21)10-13-20-11-4-3-5-12-20/h6-10,13H,2-5,11-12H2,1H3. The SMILES string of the molecule is CCc1ccc(-n2nnnc2C=CN2CCCCC2)cc1. The predicted octanol–water partition coefficient (Wildman–Crippen LogP) is 2.68. The molecule has 0 bridgehead atoms. The molecule has 5 nitrogen and oxygen atoms in total. The fraction of sp³-hybridized carbons (Fsp3) is 0.438. The van der Waals surface area contributed by atoms with Gasteiger partial charge in [-0.25, -0.2) is 0 Å². The van der Waals surface area contributed by atoms with Crippen LogP contribution in [0.2, 0.25) is 0 Å². The second kappa shape index (κ2) is 6.52. The van der Waals surface area contributed by atoms with Crippen molar-refractivity contribution in [3.63, 3.8) is 0 Å². The van der Waals surface area contributed by atoms with E-state index in [0.29, 0.717) is 0 Å². The zero-order valence-electron chi connectivity index (χ0n) is 12.4. The fourth-order valence-electron chi connectivity index (χ4n) is 2.59. The molecule has 0 aliphatic carbocycles. The van der Waals surface area contributed by atoms with Crippen LogP contribution in [-0.2, 0) is 6.42 Å².